The third-order valence-electron chi connectivity index (χ3n) is 1.93. The number of amides is 1. The van der Waals surface area contributed by atoms with E-state index < -0.39 is 5.82 Å². The lowest BCUT2D eigenvalue weighted by molar-refractivity contribution is -0.116. The predicted molar refractivity (Wildman–Crippen MR) is 60.2 cm³/mol. The maximum absolute atomic E-state index is 13.5. The molecule has 0 fully saturated rings. The lowest BCUT2D eigenvalue weighted by Gasteiger charge is -2.20. The summed E-state index contributed by atoms with van der Waals surface area (Å²) in [6.07, 6.45) is 0. The maximum Gasteiger partial charge on any atom is 0.241 e. The molecule has 1 aromatic rings. The Morgan fingerprint density at radius 3 is 2.67 bits per heavy atom. The van der Waals surface area contributed by atoms with Gasteiger partial charge in [-0.15, -0.1) is 11.6 Å². The van der Waals surface area contributed by atoms with Gasteiger partial charge in [0.15, 0.2) is 0 Å². The van der Waals surface area contributed by atoms with Crippen molar-refractivity contribution in [3.05, 3.63) is 29.0 Å². The van der Waals surface area contributed by atoms with Crippen LogP contribution >= 0.6 is 23.2 Å². The zero-order chi connectivity index (χ0) is 11.4. The summed E-state index contributed by atoms with van der Waals surface area (Å²) in [6.45, 7) is 2.11. The highest BCUT2D eigenvalue weighted by Gasteiger charge is 2.16. The molecule has 0 saturated heterocycles. The van der Waals surface area contributed by atoms with E-state index >= 15 is 0 Å². The largest absolute Gasteiger partial charge is 0.309 e. The van der Waals surface area contributed by atoms with E-state index in [0.717, 1.165) is 0 Å². The van der Waals surface area contributed by atoms with Gasteiger partial charge in [0.05, 0.1) is 5.69 Å². The summed E-state index contributed by atoms with van der Waals surface area (Å²) >= 11 is 11.0. The highest BCUT2D eigenvalue weighted by Crippen LogP contribution is 2.22. The van der Waals surface area contributed by atoms with Gasteiger partial charge in [0, 0.05) is 11.6 Å². The van der Waals surface area contributed by atoms with Gasteiger partial charge in [-0.25, -0.2) is 4.39 Å². The number of halogens is 3. The number of benzene rings is 1. The second kappa shape index (κ2) is 5.33. The molecule has 0 aliphatic carbocycles. The van der Waals surface area contributed by atoms with Crippen molar-refractivity contribution in [3.63, 3.8) is 0 Å². The SMILES string of the molecule is CCN(C(=O)CCl)c1ccc(Cl)cc1F. The molecule has 1 rings (SSSR count). The van der Waals surface area contributed by atoms with Crippen LogP contribution in [0.5, 0.6) is 0 Å². The number of carbonyl (C=O) groups is 1. The van der Waals surface area contributed by atoms with Crippen molar-refractivity contribution < 1.29 is 9.18 Å². The number of hydrogen-bond acceptors (Lipinski definition) is 1. The van der Waals surface area contributed by atoms with Crippen LogP contribution in [0.15, 0.2) is 18.2 Å². The van der Waals surface area contributed by atoms with Gasteiger partial charge in [-0.1, -0.05) is 11.6 Å². The zero-order valence-electron chi connectivity index (χ0n) is 8.14. The minimum atomic E-state index is -0.525. The number of carbonyl (C=O) groups excluding carboxylic acids is 1. The van der Waals surface area contributed by atoms with Gasteiger partial charge >= 0.3 is 0 Å². The van der Waals surface area contributed by atoms with Crippen molar-refractivity contribution in [1.29, 1.82) is 0 Å². The van der Waals surface area contributed by atoms with E-state index in [2.05, 4.69) is 0 Å². The van der Waals surface area contributed by atoms with Crippen molar-refractivity contribution in [2.45, 2.75) is 6.92 Å². The van der Waals surface area contributed by atoms with Gasteiger partial charge in [-0.05, 0) is 25.1 Å². The minimum absolute atomic E-state index is 0.171. The summed E-state index contributed by atoms with van der Waals surface area (Å²) in [5.41, 5.74) is 0.201. The maximum atomic E-state index is 13.5. The topological polar surface area (TPSA) is 20.3 Å². The van der Waals surface area contributed by atoms with Gasteiger partial charge in [-0.3, -0.25) is 4.79 Å². The Morgan fingerprint density at radius 2 is 2.20 bits per heavy atom. The molecule has 1 amide bonds. The third kappa shape index (κ3) is 2.83. The first kappa shape index (κ1) is 12.3. The fourth-order valence-corrected chi connectivity index (χ4v) is 1.56. The molecule has 82 valence electrons. The quantitative estimate of drug-likeness (QED) is 0.755. The lowest BCUT2D eigenvalue weighted by Crippen LogP contribution is -2.32. The first-order chi connectivity index (χ1) is 7.10. The normalized spacial score (nSPS) is 10.1. The highest BCUT2D eigenvalue weighted by molar-refractivity contribution is 6.31. The first-order valence-electron chi connectivity index (χ1n) is 4.41. The van der Waals surface area contributed by atoms with Crippen LogP contribution in [0.25, 0.3) is 0 Å². The molecule has 0 aliphatic rings. The van der Waals surface area contributed by atoms with Crippen LogP contribution in [-0.2, 0) is 4.79 Å². The molecular formula is C10H10Cl2FNO. The van der Waals surface area contributed by atoms with Crippen molar-refractivity contribution in [2.24, 2.45) is 0 Å². The summed E-state index contributed by atoms with van der Waals surface area (Å²) in [7, 11) is 0. The molecule has 0 saturated carbocycles. The fraction of sp³-hybridized carbons (Fsp3) is 0.300. The van der Waals surface area contributed by atoms with Crippen molar-refractivity contribution >= 4 is 34.8 Å². The number of nitrogens with zero attached hydrogens (tertiary/aromatic N) is 1. The lowest BCUT2D eigenvalue weighted by atomic mass is 10.2. The fourth-order valence-electron chi connectivity index (χ4n) is 1.25. The summed E-state index contributed by atoms with van der Waals surface area (Å²) < 4.78 is 13.5. The van der Waals surface area contributed by atoms with Gasteiger partial charge in [0.1, 0.15) is 11.7 Å². The average molecular weight is 250 g/mol. The molecule has 15 heavy (non-hydrogen) atoms. The molecule has 0 aromatic heterocycles. The predicted octanol–water partition coefficient (Wildman–Crippen LogP) is 3.07. The molecule has 0 heterocycles. The van der Waals surface area contributed by atoms with Gasteiger partial charge in [0.2, 0.25) is 5.91 Å². The molecule has 1 aromatic carbocycles. The Balaban J connectivity index is 3.07. The average Bonchev–Trinajstić information content (AvgIpc) is 2.21. The number of hydrogen-bond donors (Lipinski definition) is 0. The van der Waals surface area contributed by atoms with Crippen molar-refractivity contribution in [2.75, 3.05) is 17.3 Å². The van der Waals surface area contributed by atoms with Crippen LogP contribution in [0.1, 0.15) is 6.92 Å². The van der Waals surface area contributed by atoms with Crippen LogP contribution in [0.4, 0.5) is 10.1 Å². The Morgan fingerprint density at radius 1 is 1.53 bits per heavy atom. The second-order valence-corrected chi connectivity index (χ2v) is 3.57. The van der Waals surface area contributed by atoms with E-state index in [1.54, 1.807) is 6.92 Å². The van der Waals surface area contributed by atoms with Crippen LogP contribution in [0.3, 0.4) is 0 Å². The summed E-state index contributed by atoms with van der Waals surface area (Å²) in [4.78, 5) is 12.7. The summed E-state index contributed by atoms with van der Waals surface area (Å²) in [5, 5.41) is 0.297. The smallest absolute Gasteiger partial charge is 0.241 e. The van der Waals surface area contributed by atoms with E-state index in [1.807, 2.05) is 0 Å². The van der Waals surface area contributed by atoms with Gasteiger partial charge in [0.25, 0.3) is 0 Å². The van der Waals surface area contributed by atoms with E-state index in [-0.39, 0.29) is 17.5 Å². The third-order valence-corrected chi connectivity index (χ3v) is 2.40. The van der Waals surface area contributed by atoms with Crippen LogP contribution in [-0.4, -0.2) is 18.3 Å². The van der Waals surface area contributed by atoms with E-state index in [9.17, 15) is 9.18 Å². The van der Waals surface area contributed by atoms with Crippen LogP contribution < -0.4 is 4.90 Å². The van der Waals surface area contributed by atoms with Crippen molar-refractivity contribution in [3.8, 4) is 0 Å². The number of anilines is 1. The zero-order valence-corrected chi connectivity index (χ0v) is 9.65. The highest BCUT2D eigenvalue weighted by atomic mass is 35.5. The molecule has 0 aliphatic heterocycles. The second-order valence-electron chi connectivity index (χ2n) is 2.87. The Kier molecular flexibility index (Phi) is 4.36. The van der Waals surface area contributed by atoms with E-state index in [0.29, 0.717) is 11.6 Å². The molecule has 0 atom stereocenters. The number of rotatable bonds is 3. The Hall–Kier alpha value is -0.800. The molecule has 0 spiro atoms. The van der Waals surface area contributed by atoms with E-state index in [1.165, 1.54) is 23.1 Å². The Labute approximate surface area is 97.6 Å². The summed E-state index contributed by atoms with van der Waals surface area (Å²) in [5.74, 6) is -1.03. The molecule has 5 heteroatoms. The van der Waals surface area contributed by atoms with Gasteiger partial charge < -0.3 is 4.90 Å². The first-order valence-corrected chi connectivity index (χ1v) is 5.32. The summed E-state index contributed by atoms with van der Waals surface area (Å²) in [6, 6.07) is 4.16. The van der Waals surface area contributed by atoms with Gasteiger partial charge in [-0.2, -0.15) is 0 Å². The monoisotopic (exact) mass is 249 g/mol. The standard InChI is InChI=1S/C10H10Cl2FNO/c1-2-14(10(15)6-11)9-4-3-7(12)5-8(9)13/h3-5H,2,6H2,1H3. The number of alkyl halides is 1. The molecule has 0 radical (unpaired) electrons. The molecular weight excluding hydrogens is 240 g/mol. The van der Waals surface area contributed by atoms with E-state index in [4.69, 9.17) is 23.2 Å². The molecule has 2 nitrogen and oxygen atoms in total. The van der Waals surface area contributed by atoms with Crippen molar-refractivity contribution in [1.82, 2.24) is 0 Å². The molecule has 0 unspecified atom stereocenters. The molecule has 0 N–H and O–H groups in total. The minimum Gasteiger partial charge on any atom is -0.309 e. The van der Waals surface area contributed by atoms with Crippen LogP contribution in [0.2, 0.25) is 5.02 Å². The molecule has 0 bridgehead atoms. The van der Waals surface area contributed by atoms with Crippen LogP contribution in [0, 0.1) is 5.82 Å². The Bertz CT molecular complexity index is 370.